The minimum Gasteiger partial charge on any atom is -0.370 e. The summed E-state index contributed by atoms with van der Waals surface area (Å²) >= 11 is 1.34. The number of Topliss-reactive ketones (excluding diaryl/α,β-unsaturated/α-hetero) is 1. The molecule has 1 aromatic carbocycles. The monoisotopic (exact) mass is 357 g/mol. The number of aromatic amines is 1. The number of nitrogens with one attached hydrogen (secondary N) is 1. The van der Waals surface area contributed by atoms with Crippen molar-refractivity contribution in [2.24, 2.45) is 12.8 Å². The summed E-state index contributed by atoms with van der Waals surface area (Å²) in [5, 5.41) is 9.74. The Bertz CT molecular complexity index is 944. The second-order valence-corrected chi connectivity index (χ2v) is 6.75. The van der Waals surface area contributed by atoms with Gasteiger partial charge in [-0.25, -0.2) is 0 Å². The van der Waals surface area contributed by atoms with Gasteiger partial charge < -0.3 is 15.3 Å². The molecule has 0 unspecified atom stereocenters. The Morgan fingerprint density at radius 2 is 2.04 bits per heavy atom. The first-order chi connectivity index (χ1) is 12.0. The van der Waals surface area contributed by atoms with Gasteiger partial charge in [-0.3, -0.25) is 9.59 Å². The predicted octanol–water partition coefficient (Wildman–Crippen LogP) is 2.00. The number of benzene rings is 1. The van der Waals surface area contributed by atoms with E-state index in [-0.39, 0.29) is 23.9 Å². The number of aryl methyl sites for hydroxylation is 2. The van der Waals surface area contributed by atoms with Crippen LogP contribution in [0.15, 0.2) is 29.4 Å². The molecule has 130 valence electrons. The Hall–Kier alpha value is -2.61. The van der Waals surface area contributed by atoms with Crippen molar-refractivity contribution < 1.29 is 9.59 Å². The van der Waals surface area contributed by atoms with Crippen molar-refractivity contribution in [3.63, 3.8) is 0 Å². The maximum absolute atomic E-state index is 12.7. The van der Waals surface area contributed by atoms with Crippen molar-refractivity contribution in [3.05, 3.63) is 41.3 Å². The third-order valence-electron chi connectivity index (χ3n) is 4.02. The quantitative estimate of drug-likeness (QED) is 0.497. The average molecular weight is 357 g/mol. The number of aromatic nitrogens is 4. The first-order valence-electron chi connectivity index (χ1n) is 7.87. The molecule has 0 aliphatic rings. The molecule has 3 N–H and O–H groups in total. The van der Waals surface area contributed by atoms with Crippen molar-refractivity contribution in [2.45, 2.75) is 24.9 Å². The molecular formula is C17H19N5O2S. The number of nitrogens with two attached hydrogens (primary N) is 1. The summed E-state index contributed by atoms with van der Waals surface area (Å²) in [6.45, 7) is 1.90. The molecule has 0 bridgehead atoms. The van der Waals surface area contributed by atoms with Gasteiger partial charge in [0.05, 0.1) is 5.75 Å². The number of thioether (sulfide) groups is 1. The van der Waals surface area contributed by atoms with Crippen LogP contribution >= 0.6 is 11.8 Å². The van der Waals surface area contributed by atoms with Crippen LogP contribution < -0.4 is 5.73 Å². The topological polar surface area (TPSA) is 107 Å². The second-order valence-electron chi connectivity index (χ2n) is 5.81. The third-order valence-corrected chi connectivity index (χ3v) is 5.05. The number of hydrogen-bond acceptors (Lipinski definition) is 5. The zero-order chi connectivity index (χ0) is 18.0. The van der Waals surface area contributed by atoms with E-state index in [1.54, 1.807) is 4.57 Å². The SMILES string of the molecule is Cc1[nH]c2ccccc2c1C(=O)CSc1nnc(CCC(N)=O)n1C. The lowest BCUT2D eigenvalue weighted by Crippen LogP contribution is -2.13. The molecule has 0 atom stereocenters. The number of hydrogen-bond donors (Lipinski definition) is 2. The van der Waals surface area contributed by atoms with E-state index in [1.807, 2.05) is 38.2 Å². The summed E-state index contributed by atoms with van der Waals surface area (Å²) in [6.07, 6.45) is 0.666. The minimum absolute atomic E-state index is 0.0432. The van der Waals surface area contributed by atoms with Gasteiger partial charge in [-0.05, 0) is 13.0 Å². The van der Waals surface area contributed by atoms with Crippen LogP contribution in [-0.4, -0.2) is 37.2 Å². The fraction of sp³-hybridized carbons (Fsp3) is 0.294. The fourth-order valence-corrected chi connectivity index (χ4v) is 3.56. The fourth-order valence-electron chi connectivity index (χ4n) is 2.76. The van der Waals surface area contributed by atoms with Crippen LogP contribution in [0.1, 0.15) is 28.3 Å². The van der Waals surface area contributed by atoms with E-state index in [9.17, 15) is 9.59 Å². The lowest BCUT2D eigenvalue weighted by atomic mass is 10.1. The summed E-state index contributed by atoms with van der Waals surface area (Å²) in [5.74, 6) is 0.616. The van der Waals surface area contributed by atoms with Crippen LogP contribution in [0.2, 0.25) is 0 Å². The zero-order valence-corrected chi connectivity index (χ0v) is 14.9. The highest BCUT2D eigenvalue weighted by Crippen LogP contribution is 2.25. The molecule has 3 rings (SSSR count). The Morgan fingerprint density at radius 1 is 1.28 bits per heavy atom. The van der Waals surface area contributed by atoms with Crippen LogP contribution in [0.5, 0.6) is 0 Å². The molecule has 2 heterocycles. The van der Waals surface area contributed by atoms with Gasteiger partial charge in [0.25, 0.3) is 0 Å². The molecule has 2 aromatic heterocycles. The van der Waals surface area contributed by atoms with Gasteiger partial charge in [-0.2, -0.15) is 0 Å². The number of ketones is 1. The lowest BCUT2D eigenvalue weighted by Gasteiger charge is -2.03. The lowest BCUT2D eigenvalue weighted by molar-refractivity contribution is -0.118. The van der Waals surface area contributed by atoms with Crippen LogP contribution in [-0.2, 0) is 18.3 Å². The van der Waals surface area contributed by atoms with E-state index in [1.165, 1.54) is 11.8 Å². The number of fused-ring (bicyclic) bond motifs is 1. The van der Waals surface area contributed by atoms with Crippen molar-refractivity contribution >= 4 is 34.4 Å². The van der Waals surface area contributed by atoms with E-state index in [0.29, 0.717) is 17.4 Å². The van der Waals surface area contributed by atoms with Crippen LogP contribution in [0.3, 0.4) is 0 Å². The van der Waals surface area contributed by atoms with Crippen molar-refractivity contribution in [1.82, 2.24) is 19.7 Å². The van der Waals surface area contributed by atoms with Gasteiger partial charge in [0.2, 0.25) is 5.91 Å². The molecule has 0 spiro atoms. The molecule has 25 heavy (non-hydrogen) atoms. The zero-order valence-electron chi connectivity index (χ0n) is 14.1. The van der Waals surface area contributed by atoms with Crippen molar-refractivity contribution in [1.29, 1.82) is 0 Å². The standard InChI is InChI=1S/C17H19N5O2S/c1-10-16(11-5-3-4-6-12(11)19-10)13(23)9-25-17-21-20-15(22(17)2)8-7-14(18)24/h3-6,19H,7-9H2,1-2H3,(H2,18,24). The van der Waals surface area contributed by atoms with Crippen molar-refractivity contribution in [3.8, 4) is 0 Å². The molecule has 0 radical (unpaired) electrons. The highest BCUT2D eigenvalue weighted by Gasteiger charge is 2.18. The summed E-state index contributed by atoms with van der Waals surface area (Å²) < 4.78 is 1.79. The number of amides is 1. The van der Waals surface area contributed by atoms with Crippen LogP contribution in [0.4, 0.5) is 0 Å². The minimum atomic E-state index is -0.373. The molecule has 0 aliphatic heterocycles. The van der Waals surface area contributed by atoms with E-state index >= 15 is 0 Å². The number of carbonyl (C=O) groups is 2. The maximum Gasteiger partial charge on any atom is 0.217 e. The first kappa shape index (κ1) is 17.2. The summed E-state index contributed by atoms with van der Waals surface area (Å²) in [6, 6.07) is 7.77. The third kappa shape index (κ3) is 3.58. The number of rotatable bonds is 7. The molecule has 8 heteroatoms. The number of para-hydroxylation sites is 1. The Kier molecular flexibility index (Phi) is 4.89. The molecule has 1 amide bonds. The Morgan fingerprint density at radius 3 is 2.80 bits per heavy atom. The van der Waals surface area contributed by atoms with Gasteiger partial charge >= 0.3 is 0 Å². The molecular weight excluding hydrogens is 338 g/mol. The van der Waals surface area contributed by atoms with Gasteiger partial charge in [0.1, 0.15) is 5.82 Å². The smallest absolute Gasteiger partial charge is 0.217 e. The number of nitrogens with zero attached hydrogens (tertiary/aromatic N) is 3. The highest BCUT2D eigenvalue weighted by atomic mass is 32.2. The summed E-state index contributed by atoms with van der Waals surface area (Å²) in [5.41, 5.74) is 7.71. The van der Waals surface area contributed by atoms with Crippen LogP contribution in [0.25, 0.3) is 10.9 Å². The molecule has 0 saturated heterocycles. The molecule has 7 nitrogen and oxygen atoms in total. The normalized spacial score (nSPS) is 11.1. The maximum atomic E-state index is 12.7. The van der Waals surface area contributed by atoms with E-state index < -0.39 is 0 Å². The Labute approximate surface area is 149 Å². The van der Waals surface area contributed by atoms with Gasteiger partial charge in [-0.15, -0.1) is 10.2 Å². The Balaban J connectivity index is 1.72. The van der Waals surface area contributed by atoms with E-state index in [0.717, 1.165) is 22.2 Å². The molecule has 3 aromatic rings. The number of primary amides is 1. The average Bonchev–Trinajstić information content (AvgIpc) is 3.09. The van der Waals surface area contributed by atoms with Gasteiger partial charge in [0.15, 0.2) is 10.9 Å². The van der Waals surface area contributed by atoms with E-state index in [4.69, 9.17) is 5.73 Å². The second kappa shape index (κ2) is 7.10. The van der Waals surface area contributed by atoms with Crippen LogP contribution in [0, 0.1) is 6.92 Å². The largest absolute Gasteiger partial charge is 0.370 e. The highest BCUT2D eigenvalue weighted by molar-refractivity contribution is 7.99. The number of H-pyrrole nitrogens is 1. The van der Waals surface area contributed by atoms with E-state index in [2.05, 4.69) is 15.2 Å². The van der Waals surface area contributed by atoms with Crippen molar-refractivity contribution in [2.75, 3.05) is 5.75 Å². The molecule has 0 fully saturated rings. The van der Waals surface area contributed by atoms with Gasteiger partial charge in [-0.1, -0.05) is 30.0 Å². The predicted molar refractivity (Wildman–Crippen MR) is 96.6 cm³/mol. The summed E-state index contributed by atoms with van der Waals surface area (Å²) in [7, 11) is 1.82. The molecule has 0 aliphatic carbocycles. The number of carbonyl (C=O) groups excluding carboxylic acids is 2. The molecule has 0 saturated carbocycles. The first-order valence-corrected chi connectivity index (χ1v) is 8.85. The van der Waals surface area contributed by atoms with Gasteiger partial charge in [0, 0.05) is 42.0 Å². The summed E-state index contributed by atoms with van der Waals surface area (Å²) in [4.78, 5) is 26.8.